The van der Waals surface area contributed by atoms with Crippen molar-refractivity contribution in [1.82, 2.24) is 20.5 Å². The van der Waals surface area contributed by atoms with Crippen LogP contribution in [0.4, 0.5) is 5.13 Å². The molecule has 0 radical (unpaired) electrons. The number of nitrogens with one attached hydrogen (secondary N) is 2. The lowest BCUT2D eigenvalue weighted by Crippen LogP contribution is -2.71. The number of carboxylic acid groups (broad SMARTS) is 1. The summed E-state index contributed by atoms with van der Waals surface area (Å²) in [5.74, 6) is -2.18. The molecule has 1 aromatic rings. The fraction of sp³-hybridized carbons (Fsp3) is 0.429. The van der Waals surface area contributed by atoms with Crippen LogP contribution < -0.4 is 16.4 Å². The maximum Gasteiger partial charge on any atom is 0.352 e. The quantitative estimate of drug-likeness (QED) is 0.111. The number of hydrogen-bond acceptors (Lipinski definition) is 10. The Balaban J connectivity index is 1.42. The number of rotatable bonds is 7. The zero-order valence-electron chi connectivity index (χ0n) is 18.3. The summed E-state index contributed by atoms with van der Waals surface area (Å²) >= 11 is 2.38. The second-order valence-corrected chi connectivity index (χ2v) is 10.6. The van der Waals surface area contributed by atoms with Crippen molar-refractivity contribution in [3.05, 3.63) is 33.5 Å². The van der Waals surface area contributed by atoms with Crippen molar-refractivity contribution < 1.29 is 29.5 Å². The number of aliphatic carboxylic acids is 1. The van der Waals surface area contributed by atoms with Crippen LogP contribution in [0.25, 0.3) is 0 Å². The first-order chi connectivity index (χ1) is 16.8. The van der Waals surface area contributed by atoms with E-state index in [0.717, 1.165) is 29.8 Å². The topological polar surface area (TPSA) is 187 Å². The van der Waals surface area contributed by atoms with Crippen LogP contribution in [-0.2, 0) is 19.2 Å². The average Bonchev–Trinajstić information content (AvgIpc) is 3.40. The van der Waals surface area contributed by atoms with Crippen molar-refractivity contribution >= 4 is 57.6 Å². The molecule has 2 saturated heterocycles. The zero-order chi connectivity index (χ0) is 24.9. The third-order valence-corrected chi connectivity index (χ3v) is 8.34. The Labute approximate surface area is 207 Å². The van der Waals surface area contributed by atoms with Crippen molar-refractivity contribution in [3.8, 4) is 0 Å². The monoisotopic (exact) mass is 518 g/mol. The van der Waals surface area contributed by atoms with Crippen molar-refractivity contribution in [2.45, 2.75) is 37.1 Å². The number of amides is 3. The Morgan fingerprint density at radius 1 is 1.34 bits per heavy atom. The van der Waals surface area contributed by atoms with E-state index in [1.807, 2.05) is 0 Å². The molecule has 4 heterocycles. The number of hydrogen-bond donors (Lipinski definition) is 5. The van der Waals surface area contributed by atoms with E-state index in [9.17, 15) is 29.5 Å². The number of aromatic nitrogens is 1. The molecule has 0 spiro atoms. The Kier molecular flexibility index (Phi) is 6.01. The Bertz CT molecular complexity index is 1230. The number of anilines is 1. The molecule has 6 N–H and O–H groups in total. The van der Waals surface area contributed by atoms with Gasteiger partial charge in [0.15, 0.2) is 10.8 Å². The molecule has 3 aliphatic heterocycles. The lowest BCUT2D eigenvalue weighted by atomic mass is 9.91. The van der Waals surface area contributed by atoms with Crippen LogP contribution in [0.15, 0.2) is 33.0 Å². The summed E-state index contributed by atoms with van der Waals surface area (Å²) < 4.78 is 0. The number of allylic oxidation sites excluding steroid dienone is 1. The Morgan fingerprint density at radius 2 is 2.11 bits per heavy atom. The number of nitrogens with two attached hydrogens (primary N) is 1. The number of fused-ring (bicyclic) bond motifs is 1. The summed E-state index contributed by atoms with van der Waals surface area (Å²) in [6, 6.07) is -1.01. The van der Waals surface area contributed by atoms with Gasteiger partial charge in [0.25, 0.3) is 11.8 Å². The van der Waals surface area contributed by atoms with Gasteiger partial charge < -0.3 is 26.7 Å². The molecule has 0 bridgehead atoms. The molecular weight excluding hydrogens is 496 g/mol. The standard InChI is InChI=1S/C21H22N6O6S2/c22-21-24-12(7-35-21)13(26-33)17(29)25-14-18(30)27-15(20(31)32)11(6-34-19(14)27)10(5-8-1-2-8)9-3-4-23-16(9)28/h7-8,14,19,33H,1-6H2,(H2,22,24)(H,23,28)(H,25,29)(H,31,32)/t14-,19-/m1/s1. The SMILES string of the molecule is Nc1nc(C(=NO)C(=O)N[C@@H]2C(=O)N3C(C(=O)O)=C(C(CC4CC4)=C4CCNC4=O)CS[C@H]23)cs1. The van der Waals surface area contributed by atoms with Gasteiger partial charge in [-0.3, -0.25) is 19.3 Å². The molecule has 0 aromatic carbocycles. The third kappa shape index (κ3) is 4.16. The van der Waals surface area contributed by atoms with E-state index in [-0.39, 0.29) is 28.2 Å². The number of carboxylic acids is 1. The maximum absolute atomic E-state index is 13.1. The van der Waals surface area contributed by atoms with Crippen molar-refractivity contribution in [2.24, 2.45) is 11.1 Å². The number of thiazole rings is 1. The third-order valence-electron chi connectivity index (χ3n) is 6.39. The summed E-state index contributed by atoms with van der Waals surface area (Å²) in [5, 5.41) is 28.6. The van der Waals surface area contributed by atoms with E-state index in [1.54, 1.807) is 0 Å². The average molecular weight is 519 g/mol. The van der Waals surface area contributed by atoms with Gasteiger partial charge in [0, 0.05) is 23.3 Å². The normalized spacial score (nSPS) is 25.7. The molecule has 1 aliphatic carbocycles. The minimum atomic E-state index is -1.26. The Morgan fingerprint density at radius 3 is 2.69 bits per heavy atom. The van der Waals surface area contributed by atoms with Crippen LogP contribution in [0.1, 0.15) is 31.4 Å². The number of nitrogen functional groups attached to an aromatic ring is 1. The number of oxime groups is 1. The second-order valence-electron chi connectivity index (χ2n) is 8.62. The summed E-state index contributed by atoms with van der Waals surface area (Å²) in [7, 11) is 0. The molecule has 1 saturated carbocycles. The highest BCUT2D eigenvalue weighted by Gasteiger charge is 2.55. The maximum atomic E-state index is 13.1. The van der Waals surface area contributed by atoms with Gasteiger partial charge in [-0.1, -0.05) is 5.16 Å². The lowest BCUT2D eigenvalue weighted by molar-refractivity contribution is -0.150. The lowest BCUT2D eigenvalue weighted by Gasteiger charge is -2.49. The molecule has 184 valence electrons. The predicted octanol–water partition coefficient (Wildman–Crippen LogP) is 0.259. The molecule has 4 aliphatic rings. The second kappa shape index (κ2) is 9.00. The van der Waals surface area contributed by atoms with E-state index in [0.29, 0.717) is 36.5 Å². The Hall–Kier alpha value is -3.39. The van der Waals surface area contributed by atoms with Crippen LogP contribution >= 0.6 is 23.1 Å². The zero-order valence-corrected chi connectivity index (χ0v) is 19.9. The van der Waals surface area contributed by atoms with Gasteiger partial charge in [0.05, 0.1) is 0 Å². The first kappa shape index (κ1) is 23.4. The summed E-state index contributed by atoms with van der Waals surface area (Å²) in [6.45, 7) is 0.504. The summed E-state index contributed by atoms with van der Waals surface area (Å²) in [5.41, 5.74) is 6.90. The molecule has 2 atom stereocenters. The van der Waals surface area contributed by atoms with E-state index in [1.165, 1.54) is 22.0 Å². The number of carbonyl (C=O) groups is 4. The van der Waals surface area contributed by atoms with Crippen molar-refractivity contribution in [3.63, 3.8) is 0 Å². The van der Waals surface area contributed by atoms with Crippen molar-refractivity contribution in [2.75, 3.05) is 18.0 Å². The van der Waals surface area contributed by atoms with E-state index < -0.39 is 34.9 Å². The molecule has 14 heteroatoms. The number of nitrogens with zero attached hydrogens (tertiary/aromatic N) is 3. The largest absolute Gasteiger partial charge is 0.477 e. The van der Waals surface area contributed by atoms with Gasteiger partial charge in [-0.15, -0.1) is 23.1 Å². The highest BCUT2D eigenvalue weighted by molar-refractivity contribution is 8.00. The van der Waals surface area contributed by atoms with Gasteiger partial charge in [-0.25, -0.2) is 9.78 Å². The van der Waals surface area contributed by atoms with E-state index >= 15 is 0 Å². The van der Waals surface area contributed by atoms with Crippen LogP contribution in [0.2, 0.25) is 0 Å². The molecule has 5 rings (SSSR count). The van der Waals surface area contributed by atoms with E-state index in [4.69, 9.17) is 5.73 Å². The van der Waals surface area contributed by atoms with Crippen LogP contribution in [-0.4, -0.2) is 73.3 Å². The van der Waals surface area contributed by atoms with Crippen molar-refractivity contribution in [1.29, 1.82) is 0 Å². The van der Waals surface area contributed by atoms with Gasteiger partial charge in [0.2, 0.25) is 5.91 Å². The highest BCUT2D eigenvalue weighted by Crippen LogP contribution is 2.46. The summed E-state index contributed by atoms with van der Waals surface area (Å²) in [4.78, 5) is 55.6. The minimum Gasteiger partial charge on any atom is -0.477 e. The van der Waals surface area contributed by atoms with Gasteiger partial charge in [-0.05, 0) is 42.7 Å². The first-order valence-electron chi connectivity index (χ1n) is 11.0. The first-order valence-corrected chi connectivity index (χ1v) is 12.9. The molecular formula is C21H22N6O6S2. The van der Waals surface area contributed by atoms with Gasteiger partial charge in [-0.2, -0.15) is 0 Å². The molecule has 3 fully saturated rings. The highest BCUT2D eigenvalue weighted by atomic mass is 32.2. The number of thioether (sulfide) groups is 1. The molecule has 0 unspecified atom stereocenters. The minimum absolute atomic E-state index is 0.0621. The predicted molar refractivity (Wildman–Crippen MR) is 127 cm³/mol. The number of β-lactam (4-membered cyclic amide) rings is 1. The van der Waals surface area contributed by atoms with Crippen LogP contribution in [0.3, 0.4) is 0 Å². The summed E-state index contributed by atoms with van der Waals surface area (Å²) in [6.07, 6.45) is 3.18. The fourth-order valence-electron chi connectivity index (χ4n) is 4.52. The van der Waals surface area contributed by atoms with E-state index in [2.05, 4.69) is 20.8 Å². The van der Waals surface area contributed by atoms with Crippen LogP contribution in [0.5, 0.6) is 0 Å². The fourth-order valence-corrected chi connectivity index (χ4v) is 6.45. The van der Waals surface area contributed by atoms with Gasteiger partial charge >= 0.3 is 5.97 Å². The van der Waals surface area contributed by atoms with Gasteiger partial charge in [0.1, 0.15) is 22.8 Å². The molecule has 1 aromatic heterocycles. The van der Waals surface area contributed by atoms with Crippen LogP contribution in [0, 0.1) is 5.92 Å². The molecule has 3 amide bonds. The smallest absolute Gasteiger partial charge is 0.352 e. The molecule has 12 nitrogen and oxygen atoms in total. The molecule has 35 heavy (non-hydrogen) atoms. The number of carbonyl (C=O) groups excluding carboxylic acids is 3.